The molecule has 1 aliphatic heterocycles. The zero-order valence-electron chi connectivity index (χ0n) is 25.0. The predicted octanol–water partition coefficient (Wildman–Crippen LogP) is 3.93. The largest absolute Gasteiger partial charge is 0.467 e. The van der Waals surface area contributed by atoms with E-state index in [4.69, 9.17) is 4.74 Å². The van der Waals surface area contributed by atoms with Gasteiger partial charge in [0.2, 0.25) is 10.0 Å². The number of para-hydroxylation sites is 2. The molecule has 1 fully saturated rings. The number of aromatic amines is 1. The van der Waals surface area contributed by atoms with Gasteiger partial charge in [-0.3, -0.25) is 4.57 Å². The third-order valence-electron chi connectivity index (χ3n) is 8.09. The van der Waals surface area contributed by atoms with Gasteiger partial charge in [-0.1, -0.05) is 18.2 Å². The van der Waals surface area contributed by atoms with Gasteiger partial charge >= 0.3 is 17.7 Å². The number of ether oxygens (including phenoxy) is 1. The standard InChI is InChI=1S/C30H39N5O6SSi/c1-41-28(36)25(20-21-9-10-26-22(19-21)11-16-34(26)42(39,40)17-18-43(2,3)4)32-29(37)33-14-12-23(13-15-33)35-27-8-6-5-7-24(27)31-30(35)38/h5-11,16,19,23,25H,12-15,17-18,20H2,1-4H3,(H,31,38)(H,32,37)/q-1. The molecule has 0 bridgehead atoms. The van der Waals surface area contributed by atoms with Crippen molar-refractivity contribution >= 4 is 52.0 Å². The lowest BCUT2D eigenvalue weighted by atomic mass is 10.0. The molecule has 4 aromatic rings. The number of hydrogen-bond acceptors (Lipinski definition) is 6. The highest BCUT2D eigenvalue weighted by atomic mass is 32.2. The van der Waals surface area contributed by atoms with E-state index >= 15 is 0 Å². The number of esters is 1. The van der Waals surface area contributed by atoms with E-state index in [0.29, 0.717) is 37.5 Å². The molecule has 3 heterocycles. The third-order valence-corrected chi connectivity index (χ3v) is 11.8. The number of carbonyl (C=O) groups is 2. The van der Waals surface area contributed by atoms with E-state index in [2.05, 4.69) is 29.9 Å². The summed E-state index contributed by atoms with van der Waals surface area (Å²) in [7, 11) is -3.75. The third kappa shape index (κ3) is 6.72. The molecule has 2 N–H and O–H groups in total. The van der Waals surface area contributed by atoms with Gasteiger partial charge in [0.15, 0.2) is 0 Å². The number of benzene rings is 2. The van der Waals surface area contributed by atoms with Gasteiger partial charge in [-0.05, 0) is 48.7 Å². The summed E-state index contributed by atoms with van der Waals surface area (Å²) in [6.45, 7) is 7.31. The highest BCUT2D eigenvalue weighted by Gasteiger charge is 2.29. The molecule has 1 saturated heterocycles. The Morgan fingerprint density at radius 2 is 1.79 bits per heavy atom. The fourth-order valence-electron chi connectivity index (χ4n) is 5.65. The first-order chi connectivity index (χ1) is 20.4. The number of fused-ring (bicyclic) bond motifs is 2. The Labute approximate surface area is 251 Å². The highest BCUT2D eigenvalue weighted by Crippen LogP contribution is 2.26. The molecule has 2 aromatic heterocycles. The van der Waals surface area contributed by atoms with Crippen molar-refractivity contribution in [2.24, 2.45) is 0 Å². The molecule has 1 atom stereocenters. The highest BCUT2D eigenvalue weighted by molar-refractivity contribution is 7.90. The van der Waals surface area contributed by atoms with Crippen LogP contribution in [0.4, 0.5) is 4.79 Å². The van der Waals surface area contributed by atoms with Crippen molar-refractivity contribution in [3.8, 4) is 0 Å². The normalized spacial score (nSPS) is 15.6. The molecule has 0 radical (unpaired) electrons. The summed E-state index contributed by atoms with van der Waals surface area (Å²) in [6, 6.07) is 14.0. The van der Waals surface area contributed by atoms with Crippen molar-refractivity contribution < 1.29 is 22.7 Å². The maximum atomic E-state index is 13.2. The van der Waals surface area contributed by atoms with Gasteiger partial charge in [0.25, 0.3) is 0 Å². The van der Waals surface area contributed by atoms with E-state index in [1.54, 1.807) is 33.9 Å². The minimum absolute atomic E-state index is 0.0394. The first-order valence-corrected chi connectivity index (χ1v) is 19.8. The molecule has 0 aliphatic carbocycles. The number of urea groups is 1. The molecule has 13 heteroatoms. The van der Waals surface area contributed by atoms with Crippen molar-refractivity contribution in [2.45, 2.75) is 57.0 Å². The number of nitrogens with zero attached hydrogens (tertiary/aromatic N) is 3. The van der Waals surface area contributed by atoms with Gasteiger partial charge < -0.3 is 19.9 Å². The number of likely N-dealkylation sites (tertiary alicyclic amines) is 1. The fraction of sp³-hybridized carbons (Fsp3) is 0.433. The van der Waals surface area contributed by atoms with Gasteiger partial charge in [0, 0.05) is 42.9 Å². The molecule has 2 amide bonds. The maximum absolute atomic E-state index is 13.2. The molecular weight excluding hydrogens is 587 g/mol. The minimum Gasteiger partial charge on any atom is -0.467 e. The number of imidazole rings is 1. The molecule has 1 aliphatic rings. The molecular formula is C30H39N5O6SSi-. The van der Waals surface area contributed by atoms with Gasteiger partial charge in [-0.25, -0.2) is 26.8 Å². The van der Waals surface area contributed by atoms with E-state index in [1.807, 2.05) is 30.3 Å². The smallest absolute Gasteiger partial charge is 0.328 e. The number of piperidine rings is 1. The number of hydrogen-bond donors (Lipinski definition) is 2. The van der Waals surface area contributed by atoms with Gasteiger partial charge in [0.05, 0.1) is 23.7 Å². The van der Waals surface area contributed by atoms with Crippen LogP contribution < -0.4 is 11.0 Å². The van der Waals surface area contributed by atoms with Crippen LogP contribution in [-0.2, 0) is 26.0 Å². The second-order valence-electron chi connectivity index (χ2n) is 12.4. The Morgan fingerprint density at radius 3 is 2.49 bits per heavy atom. The molecule has 1 unspecified atom stereocenters. The first kappa shape index (κ1) is 30.6. The number of H-pyrrole nitrogens is 1. The van der Waals surface area contributed by atoms with E-state index < -0.39 is 30.1 Å². The Balaban J connectivity index is 1.25. The molecule has 0 saturated carbocycles. The van der Waals surface area contributed by atoms with Crippen LogP contribution in [0.25, 0.3) is 21.9 Å². The summed E-state index contributed by atoms with van der Waals surface area (Å²) in [6.07, 6.45) is 2.96. The van der Waals surface area contributed by atoms with Crippen LogP contribution in [0.1, 0.15) is 24.4 Å². The first-order valence-electron chi connectivity index (χ1n) is 14.5. The lowest BCUT2D eigenvalue weighted by Gasteiger charge is -2.33. The number of methoxy groups -OCH3 is 1. The Bertz CT molecular complexity index is 1810. The van der Waals surface area contributed by atoms with Crippen LogP contribution in [0, 0.1) is 0 Å². The summed E-state index contributed by atoms with van der Waals surface area (Å²) in [5, 5.41) is 3.56. The Kier molecular flexibility index (Phi) is 8.57. The molecule has 231 valence electrons. The van der Waals surface area contributed by atoms with Gasteiger partial charge in [-0.15, -0.1) is 14.1 Å². The van der Waals surface area contributed by atoms with E-state index in [1.165, 1.54) is 11.1 Å². The van der Waals surface area contributed by atoms with Crippen LogP contribution in [0.3, 0.4) is 0 Å². The summed E-state index contributed by atoms with van der Waals surface area (Å²) < 4.78 is 34.2. The summed E-state index contributed by atoms with van der Waals surface area (Å²) in [4.78, 5) is 43.0. The number of rotatable bonds is 9. The number of nitrogens with one attached hydrogen (secondary N) is 2. The van der Waals surface area contributed by atoms with Crippen molar-refractivity contribution in [1.82, 2.24) is 23.7 Å². The van der Waals surface area contributed by atoms with Crippen molar-refractivity contribution in [1.29, 1.82) is 0 Å². The zero-order chi connectivity index (χ0) is 30.9. The Morgan fingerprint density at radius 1 is 1.07 bits per heavy atom. The SMILES string of the molecule is COC(=O)C(Cc1ccc2c(ccn2S(=O)(=O)CC[Si-](C)(C)C)c1)NC(=O)N1CCC(n2c(=O)[nH]c3ccccc32)CC1. The molecule has 11 nitrogen and oxygen atoms in total. The average molecular weight is 626 g/mol. The number of aromatic nitrogens is 3. The zero-order valence-corrected chi connectivity index (χ0v) is 26.8. The average Bonchev–Trinajstić information content (AvgIpc) is 3.55. The lowest BCUT2D eigenvalue weighted by Crippen LogP contribution is -2.51. The van der Waals surface area contributed by atoms with E-state index in [0.717, 1.165) is 22.0 Å². The van der Waals surface area contributed by atoms with Crippen LogP contribution in [-0.4, -0.2) is 78.9 Å². The summed E-state index contributed by atoms with van der Waals surface area (Å²) in [5.74, 6) is -0.472. The van der Waals surface area contributed by atoms with E-state index in [-0.39, 0.29) is 29.9 Å². The van der Waals surface area contributed by atoms with Crippen LogP contribution in [0.2, 0.25) is 25.7 Å². The summed E-state index contributed by atoms with van der Waals surface area (Å²) in [5.41, 5.74) is 2.81. The number of carbonyl (C=O) groups excluding carboxylic acids is 2. The predicted molar refractivity (Wildman–Crippen MR) is 170 cm³/mol. The van der Waals surface area contributed by atoms with Crippen molar-refractivity contribution in [3.63, 3.8) is 0 Å². The van der Waals surface area contributed by atoms with Crippen LogP contribution >= 0.6 is 0 Å². The molecule has 2 aromatic carbocycles. The van der Waals surface area contributed by atoms with Crippen molar-refractivity contribution in [3.05, 3.63) is 70.8 Å². The van der Waals surface area contributed by atoms with Crippen LogP contribution in [0.15, 0.2) is 59.5 Å². The van der Waals surface area contributed by atoms with Gasteiger partial charge in [-0.2, -0.15) is 19.6 Å². The van der Waals surface area contributed by atoms with Crippen LogP contribution in [0.5, 0.6) is 0 Å². The van der Waals surface area contributed by atoms with Crippen molar-refractivity contribution in [2.75, 3.05) is 26.0 Å². The van der Waals surface area contributed by atoms with E-state index in [9.17, 15) is 22.8 Å². The molecule has 5 rings (SSSR count). The fourth-order valence-corrected chi connectivity index (χ4v) is 10.0. The molecule has 43 heavy (non-hydrogen) atoms. The Hall–Kier alpha value is -3.84. The summed E-state index contributed by atoms with van der Waals surface area (Å²) >= 11 is 0. The monoisotopic (exact) mass is 625 g/mol. The maximum Gasteiger partial charge on any atom is 0.328 e. The minimum atomic E-state index is -3.50. The number of amides is 2. The topological polar surface area (TPSA) is 135 Å². The molecule has 0 spiro atoms. The quantitative estimate of drug-likeness (QED) is 0.214. The van der Waals surface area contributed by atoms with Gasteiger partial charge in [0.1, 0.15) is 6.04 Å². The second-order valence-corrected chi connectivity index (χ2v) is 20.0. The lowest BCUT2D eigenvalue weighted by molar-refractivity contribution is -0.142. The second kappa shape index (κ2) is 12.0.